The molecule has 1 atom stereocenters. The second-order valence-corrected chi connectivity index (χ2v) is 3.92. The molecule has 0 saturated carbocycles. The number of aliphatic carboxylic acids is 1. The number of carbonyl (C=O) groups excluding carboxylic acids is 1. The van der Waals surface area contributed by atoms with E-state index in [4.69, 9.17) is 11.6 Å². The molecule has 0 fully saturated rings. The van der Waals surface area contributed by atoms with Crippen LogP contribution in [0, 0.1) is 5.92 Å². The summed E-state index contributed by atoms with van der Waals surface area (Å²) in [5.74, 6) is -0.914. The molecule has 0 aliphatic carbocycles. The molecule has 0 aromatic carbocycles. The Hall–Kier alpha value is -0.240. The van der Waals surface area contributed by atoms with Gasteiger partial charge in [-0.2, -0.15) is 0 Å². The van der Waals surface area contributed by atoms with Gasteiger partial charge < -0.3 is 9.90 Å². The average Bonchev–Trinajstić information content (AvgIpc) is 1.60. The second-order valence-electron chi connectivity index (χ2n) is 3.08. The van der Waals surface area contributed by atoms with E-state index in [0.717, 1.165) is 0 Å². The quantitative estimate of drug-likeness (QED) is 0.577. The zero-order chi connectivity index (χ0) is 8.36. The van der Waals surface area contributed by atoms with Crippen LogP contribution in [0.25, 0.3) is 0 Å². The van der Waals surface area contributed by atoms with Crippen molar-refractivity contribution in [2.45, 2.75) is 32.1 Å². The van der Waals surface area contributed by atoms with Gasteiger partial charge in [-0.3, -0.25) is 0 Å². The number of rotatable bonds is 3. The lowest BCUT2D eigenvalue weighted by atomic mass is 9.98. The molecule has 1 unspecified atom stereocenters. The van der Waals surface area contributed by atoms with Gasteiger partial charge in [0.25, 0.3) is 0 Å². The highest BCUT2D eigenvalue weighted by molar-refractivity contribution is 6.33. The molecule has 0 aromatic heterocycles. The fraction of sp³-hybridized carbons (Fsp3) is 0.857. The van der Waals surface area contributed by atoms with Crippen molar-refractivity contribution in [3.05, 3.63) is 0 Å². The molecule has 2 nitrogen and oxygen atoms in total. The number of alkyl halides is 1. The van der Waals surface area contributed by atoms with E-state index < -0.39 is 10.8 Å². The highest BCUT2D eigenvalue weighted by Gasteiger charge is 2.23. The average molecular weight is 164 g/mol. The molecule has 0 saturated heterocycles. The third-order valence-electron chi connectivity index (χ3n) is 1.22. The van der Waals surface area contributed by atoms with Crippen LogP contribution in [0.1, 0.15) is 27.2 Å². The van der Waals surface area contributed by atoms with E-state index in [0.29, 0.717) is 6.42 Å². The smallest absolute Gasteiger partial charge is 0.0813 e. The van der Waals surface area contributed by atoms with Gasteiger partial charge >= 0.3 is 0 Å². The van der Waals surface area contributed by atoms with Gasteiger partial charge in [0.1, 0.15) is 0 Å². The normalized spacial score (nSPS) is 16.9. The molecule has 0 aliphatic rings. The van der Waals surface area contributed by atoms with E-state index in [1.54, 1.807) is 0 Å². The van der Waals surface area contributed by atoms with Crippen LogP contribution >= 0.6 is 11.6 Å². The number of halogens is 1. The summed E-state index contributed by atoms with van der Waals surface area (Å²) in [7, 11) is 0. The Bertz CT molecular complexity index is 130. The Morgan fingerprint density at radius 3 is 2.20 bits per heavy atom. The van der Waals surface area contributed by atoms with E-state index in [1.165, 1.54) is 6.92 Å². The lowest BCUT2D eigenvalue weighted by Crippen LogP contribution is -2.42. The summed E-state index contributed by atoms with van der Waals surface area (Å²) >= 11 is 5.60. The zero-order valence-electron chi connectivity index (χ0n) is 6.48. The van der Waals surface area contributed by atoms with Gasteiger partial charge in [-0.1, -0.05) is 13.8 Å². The highest BCUT2D eigenvalue weighted by Crippen LogP contribution is 2.22. The Morgan fingerprint density at radius 1 is 1.70 bits per heavy atom. The van der Waals surface area contributed by atoms with Crippen LogP contribution in [-0.2, 0) is 4.79 Å². The number of carbonyl (C=O) groups is 1. The number of carboxylic acids is 1. The van der Waals surface area contributed by atoms with Gasteiger partial charge in [-0.05, 0) is 19.3 Å². The molecule has 3 heteroatoms. The SMILES string of the molecule is CC(C)CC(C)(Cl)C(=O)[O-]. The molecular formula is C7H12ClO2-. The molecule has 0 rings (SSSR count). The van der Waals surface area contributed by atoms with Crippen LogP contribution in [-0.4, -0.2) is 10.8 Å². The summed E-state index contributed by atoms with van der Waals surface area (Å²) in [6.07, 6.45) is 0.441. The maximum absolute atomic E-state index is 10.3. The Kier molecular flexibility index (Phi) is 3.16. The standard InChI is InChI=1S/C7H13ClO2/c1-5(2)4-7(3,8)6(9)10/h5H,4H2,1-3H3,(H,9,10)/p-1. The first kappa shape index (κ1) is 9.76. The topological polar surface area (TPSA) is 40.1 Å². The predicted molar refractivity (Wildman–Crippen MR) is 38.7 cm³/mol. The Labute approximate surface area is 66.2 Å². The Morgan fingerprint density at radius 2 is 2.10 bits per heavy atom. The largest absolute Gasteiger partial charge is 0.548 e. The Balaban J connectivity index is 4.00. The van der Waals surface area contributed by atoms with E-state index in [9.17, 15) is 9.90 Å². The van der Waals surface area contributed by atoms with Crippen LogP contribution in [0.4, 0.5) is 0 Å². The molecule has 0 aliphatic heterocycles. The van der Waals surface area contributed by atoms with Gasteiger partial charge in [0.05, 0.1) is 10.8 Å². The van der Waals surface area contributed by atoms with Crippen molar-refractivity contribution in [2.75, 3.05) is 0 Å². The first-order valence-electron chi connectivity index (χ1n) is 3.26. The molecule has 60 valence electrons. The van der Waals surface area contributed by atoms with Crippen LogP contribution < -0.4 is 5.11 Å². The lowest BCUT2D eigenvalue weighted by molar-refractivity contribution is -0.309. The highest BCUT2D eigenvalue weighted by atomic mass is 35.5. The molecule has 0 spiro atoms. The van der Waals surface area contributed by atoms with Crippen molar-refractivity contribution in [1.29, 1.82) is 0 Å². The minimum Gasteiger partial charge on any atom is -0.548 e. The monoisotopic (exact) mass is 163 g/mol. The number of hydrogen-bond donors (Lipinski definition) is 0. The minimum absolute atomic E-state index is 0.278. The van der Waals surface area contributed by atoms with Crippen LogP contribution in [0.15, 0.2) is 0 Å². The summed E-state index contributed by atoms with van der Waals surface area (Å²) in [6, 6.07) is 0. The van der Waals surface area contributed by atoms with E-state index in [2.05, 4.69) is 0 Å². The molecule has 0 amide bonds. The third kappa shape index (κ3) is 3.06. The first-order chi connectivity index (χ1) is 4.36. The van der Waals surface area contributed by atoms with Crippen molar-refractivity contribution in [3.8, 4) is 0 Å². The van der Waals surface area contributed by atoms with Gasteiger partial charge in [0.15, 0.2) is 0 Å². The maximum Gasteiger partial charge on any atom is 0.0813 e. The first-order valence-corrected chi connectivity index (χ1v) is 3.64. The fourth-order valence-electron chi connectivity index (χ4n) is 0.850. The van der Waals surface area contributed by atoms with Crippen molar-refractivity contribution in [2.24, 2.45) is 5.92 Å². The lowest BCUT2D eigenvalue weighted by Gasteiger charge is -2.24. The van der Waals surface area contributed by atoms with Gasteiger partial charge in [-0.15, -0.1) is 11.6 Å². The van der Waals surface area contributed by atoms with Crippen LogP contribution in [0.3, 0.4) is 0 Å². The van der Waals surface area contributed by atoms with E-state index >= 15 is 0 Å². The molecule has 0 aromatic rings. The predicted octanol–water partition coefficient (Wildman–Crippen LogP) is 0.780. The second kappa shape index (κ2) is 3.24. The zero-order valence-corrected chi connectivity index (χ0v) is 7.23. The van der Waals surface area contributed by atoms with Crippen molar-refractivity contribution >= 4 is 17.6 Å². The molecule has 0 heterocycles. The third-order valence-corrected chi connectivity index (χ3v) is 1.53. The van der Waals surface area contributed by atoms with Gasteiger partial charge in [0, 0.05) is 0 Å². The summed E-state index contributed by atoms with van der Waals surface area (Å²) in [5.41, 5.74) is 0. The van der Waals surface area contributed by atoms with E-state index in [1.807, 2.05) is 13.8 Å². The molecular weight excluding hydrogens is 152 g/mol. The van der Waals surface area contributed by atoms with Gasteiger partial charge in [0.2, 0.25) is 0 Å². The summed E-state index contributed by atoms with van der Waals surface area (Å²) in [5, 5.41) is 10.3. The maximum atomic E-state index is 10.3. The fourth-order valence-corrected chi connectivity index (χ4v) is 1.16. The number of carboxylic acid groups (broad SMARTS) is 1. The van der Waals surface area contributed by atoms with E-state index in [-0.39, 0.29) is 5.92 Å². The van der Waals surface area contributed by atoms with Crippen molar-refractivity contribution < 1.29 is 9.90 Å². The summed E-state index contributed by atoms with van der Waals surface area (Å²) in [4.78, 5) is 9.11. The van der Waals surface area contributed by atoms with Crippen LogP contribution in [0.2, 0.25) is 0 Å². The van der Waals surface area contributed by atoms with Crippen molar-refractivity contribution in [3.63, 3.8) is 0 Å². The molecule has 0 radical (unpaired) electrons. The summed E-state index contributed by atoms with van der Waals surface area (Å²) < 4.78 is 0. The van der Waals surface area contributed by atoms with Crippen LogP contribution in [0.5, 0.6) is 0 Å². The summed E-state index contributed by atoms with van der Waals surface area (Å²) in [6.45, 7) is 5.30. The van der Waals surface area contributed by atoms with Crippen molar-refractivity contribution in [1.82, 2.24) is 0 Å². The molecule has 0 N–H and O–H groups in total. The minimum atomic E-state index is -1.20. The van der Waals surface area contributed by atoms with Gasteiger partial charge in [-0.25, -0.2) is 0 Å². The number of hydrogen-bond acceptors (Lipinski definition) is 2. The molecule has 10 heavy (non-hydrogen) atoms. The molecule has 0 bridgehead atoms.